The van der Waals surface area contributed by atoms with E-state index in [1.807, 2.05) is 37.6 Å². The van der Waals surface area contributed by atoms with Crippen molar-refractivity contribution in [3.8, 4) is 0 Å². The number of aromatic nitrogens is 4. The van der Waals surface area contributed by atoms with Crippen LogP contribution in [0.1, 0.15) is 0 Å². The molecule has 0 saturated heterocycles. The van der Waals surface area contributed by atoms with Crippen molar-refractivity contribution < 1.29 is 0 Å². The molecule has 0 aliphatic carbocycles. The van der Waals surface area contributed by atoms with Crippen LogP contribution in [-0.2, 0) is 7.05 Å². The zero-order valence-electron chi connectivity index (χ0n) is 9.62. The van der Waals surface area contributed by atoms with Gasteiger partial charge in [-0.05, 0) is 18.2 Å². The van der Waals surface area contributed by atoms with Gasteiger partial charge in [-0.1, -0.05) is 11.8 Å². The molecule has 0 unspecified atom stereocenters. The molecule has 0 amide bonds. The summed E-state index contributed by atoms with van der Waals surface area (Å²) in [6, 6.07) is 5.69. The molecule has 0 atom stereocenters. The summed E-state index contributed by atoms with van der Waals surface area (Å²) < 4.78 is 1.76. The number of hydrogen-bond acceptors (Lipinski definition) is 4. The first-order valence-corrected chi connectivity index (χ1v) is 6.18. The van der Waals surface area contributed by atoms with Gasteiger partial charge in [-0.25, -0.2) is 5.10 Å². The monoisotopic (exact) mass is 258 g/mol. The SMILES string of the molecule is Cn1cc(Sc2ccc3c(=O)[nH]ncc3c2)cn1. The largest absolute Gasteiger partial charge is 0.275 e. The number of aryl methyl sites for hydroxylation is 1. The molecular formula is C12H10N4OS. The molecule has 3 aromatic rings. The number of nitrogens with zero attached hydrogens (tertiary/aromatic N) is 3. The molecule has 0 saturated carbocycles. The van der Waals surface area contributed by atoms with Crippen LogP contribution in [0, 0.1) is 0 Å². The first-order chi connectivity index (χ1) is 8.72. The van der Waals surface area contributed by atoms with Gasteiger partial charge in [0.2, 0.25) is 0 Å². The maximum atomic E-state index is 11.5. The molecule has 0 spiro atoms. The Bertz CT molecular complexity index is 762. The lowest BCUT2D eigenvalue weighted by Crippen LogP contribution is -2.06. The van der Waals surface area contributed by atoms with Crippen LogP contribution < -0.4 is 5.56 Å². The molecule has 0 radical (unpaired) electrons. The van der Waals surface area contributed by atoms with Crippen LogP contribution in [0.3, 0.4) is 0 Å². The fourth-order valence-corrected chi connectivity index (χ4v) is 2.63. The van der Waals surface area contributed by atoms with Gasteiger partial charge in [0.05, 0.1) is 22.7 Å². The number of nitrogens with one attached hydrogen (secondary N) is 1. The summed E-state index contributed by atoms with van der Waals surface area (Å²) in [5, 5.41) is 11.8. The number of aromatic amines is 1. The van der Waals surface area contributed by atoms with Crippen LogP contribution in [0.2, 0.25) is 0 Å². The van der Waals surface area contributed by atoms with E-state index in [4.69, 9.17) is 0 Å². The molecule has 1 N–H and O–H groups in total. The Labute approximate surface area is 107 Å². The van der Waals surface area contributed by atoms with Gasteiger partial charge in [0, 0.05) is 23.5 Å². The summed E-state index contributed by atoms with van der Waals surface area (Å²) in [6.07, 6.45) is 5.42. The standard InChI is InChI=1S/C12H10N4OS/c1-16-7-10(6-14-16)18-9-2-3-11-8(4-9)5-13-15-12(11)17/h2-7H,1H3,(H,15,17). The minimum absolute atomic E-state index is 0.162. The highest BCUT2D eigenvalue weighted by molar-refractivity contribution is 7.99. The van der Waals surface area contributed by atoms with Crippen molar-refractivity contribution in [1.82, 2.24) is 20.0 Å². The summed E-state index contributed by atoms with van der Waals surface area (Å²) in [4.78, 5) is 13.6. The second-order valence-electron chi connectivity index (χ2n) is 3.90. The van der Waals surface area contributed by atoms with Crippen LogP contribution in [0.5, 0.6) is 0 Å². The van der Waals surface area contributed by atoms with E-state index in [-0.39, 0.29) is 5.56 Å². The predicted molar refractivity (Wildman–Crippen MR) is 69.7 cm³/mol. The zero-order valence-corrected chi connectivity index (χ0v) is 10.4. The molecule has 3 rings (SSSR count). The highest BCUT2D eigenvalue weighted by Crippen LogP contribution is 2.28. The van der Waals surface area contributed by atoms with E-state index < -0.39 is 0 Å². The average Bonchev–Trinajstić information content (AvgIpc) is 2.75. The predicted octanol–water partition coefficient (Wildman–Crippen LogP) is 1.81. The molecule has 18 heavy (non-hydrogen) atoms. The van der Waals surface area contributed by atoms with Crippen molar-refractivity contribution in [2.45, 2.75) is 9.79 Å². The highest BCUT2D eigenvalue weighted by atomic mass is 32.2. The number of hydrogen-bond donors (Lipinski definition) is 1. The van der Waals surface area contributed by atoms with Gasteiger partial charge in [0.1, 0.15) is 0 Å². The van der Waals surface area contributed by atoms with Crippen LogP contribution >= 0.6 is 11.8 Å². The lowest BCUT2D eigenvalue weighted by Gasteiger charge is -2.00. The average molecular weight is 258 g/mol. The molecule has 5 nitrogen and oxygen atoms in total. The molecule has 90 valence electrons. The first kappa shape index (κ1) is 11.0. The minimum atomic E-state index is -0.162. The third kappa shape index (κ3) is 2.02. The quantitative estimate of drug-likeness (QED) is 0.761. The van der Waals surface area contributed by atoms with E-state index in [0.717, 1.165) is 15.2 Å². The van der Waals surface area contributed by atoms with E-state index in [0.29, 0.717) is 5.39 Å². The van der Waals surface area contributed by atoms with Crippen molar-refractivity contribution in [3.05, 3.63) is 47.1 Å². The van der Waals surface area contributed by atoms with Crippen molar-refractivity contribution in [3.63, 3.8) is 0 Å². The molecule has 2 heterocycles. The van der Waals surface area contributed by atoms with Gasteiger partial charge in [-0.2, -0.15) is 10.2 Å². The van der Waals surface area contributed by atoms with Gasteiger partial charge in [-0.3, -0.25) is 9.48 Å². The topological polar surface area (TPSA) is 63.6 Å². The third-order valence-corrected chi connectivity index (χ3v) is 3.49. The van der Waals surface area contributed by atoms with Crippen LogP contribution in [0.4, 0.5) is 0 Å². The zero-order chi connectivity index (χ0) is 12.5. The second kappa shape index (κ2) is 4.30. The Morgan fingerprint density at radius 2 is 2.17 bits per heavy atom. The number of benzene rings is 1. The molecule has 6 heteroatoms. The molecule has 0 aliphatic rings. The van der Waals surface area contributed by atoms with Crippen molar-refractivity contribution in [2.24, 2.45) is 7.05 Å². The van der Waals surface area contributed by atoms with Gasteiger partial charge in [-0.15, -0.1) is 0 Å². The summed E-state index contributed by atoms with van der Waals surface area (Å²) in [7, 11) is 1.88. The maximum Gasteiger partial charge on any atom is 0.272 e. The van der Waals surface area contributed by atoms with Gasteiger partial charge in [0.15, 0.2) is 0 Å². The number of H-pyrrole nitrogens is 1. The summed E-state index contributed by atoms with van der Waals surface area (Å²) >= 11 is 1.61. The highest BCUT2D eigenvalue weighted by Gasteiger charge is 2.03. The van der Waals surface area contributed by atoms with E-state index in [9.17, 15) is 4.79 Å². The van der Waals surface area contributed by atoms with Crippen molar-refractivity contribution in [1.29, 1.82) is 0 Å². The molecule has 0 fully saturated rings. The maximum absolute atomic E-state index is 11.5. The Kier molecular flexibility index (Phi) is 2.64. The Balaban J connectivity index is 2.01. The van der Waals surface area contributed by atoms with Crippen molar-refractivity contribution in [2.75, 3.05) is 0 Å². The van der Waals surface area contributed by atoms with E-state index >= 15 is 0 Å². The fraction of sp³-hybridized carbons (Fsp3) is 0.0833. The Morgan fingerprint density at radius 3 is 2.94 bits per heavy atom. The summed E-state index contributed by atoms with van der Waals surface area (Å²) in [5.41, 5.74) is -0.162. The van der Waals surface area contributed by atoms with Crippen molar-refractivity contribution >= 4 is 22.5 Å². The molecule has 0 aliphatic heterocycles. The fourth-order valence-electron chi connectivity index (χ4n) is 1.73. The van der Waals surface area contributed by atoms with E-state index in [1.54, 1.807) is 22.6 Å². The van der Waals surface area contributed by atoms with E-state index in [2.05, 4.69) is 15.3 Å². The number of rotatable bonds is 2. The molecule has 1 aromatic carbocycles. The van der Waals surface area contributed by atoms with Crippen LogP contribution in [-0.4, -0.2) is 20.0 Å². The summed E-state index contributed by atoms with van der Waals surface area (Å²) in [6.45, 7) is 0. The van der Waals surface area contributed by atoms with Crippen LogP contribution in [0.15, 0.2) is 51.4 Å². The Hall–Kier alpha value is -2.08. The normalized spacial score (nSPS) is 10.9. The Morgan fingerprint density at radius 1 is 1.28 bits per heavy atom. The van der Waals surface area contributed by atoms with Gasteiger partial charge in [0.25, 0.3) is 5.56 Å². The van der Waals surface area contributed by atoms with Gasteiger partial charge >= 0.3 is 0 Å². The van der Waals surface area contributed by atoms with Gasteiger partial charge < -0.3 is 0 Å². The first-order valence-electron chi connectivity index (χ1n) is 5.36. The van der Waals surface area contributed by atoms with Crippen LogP contribution in [0.25, 0.3) is 10.8 Å². The lowest BCUT2D eigenvalue weighted by atomic mass is 10.2. The minimum Gasteiger partial charge on any atom is -0.275 e. The lowest BCUT2D eigenvalue weighted by molar-refractivity contribution is 0.766. The second-order valence-corrected chi connectivity index (χ2v) is 5.05. The van der Waals surface area contributed by atoms with E-state index in [1.165, 1.54) is 0 Å². The molecular weight excluding hydrogens is 248 g/mol. The smallest absolute Gasteiger partial charge is 0.272 e. The summed E-state index contributed by atoms with van der Waals surface area (Å²) in [5.74, 6) is 0. The number of fused-ring (bicyclic) bond motifs is 1. The molecule has 2 aromatic heterocycles. The third-order valence-electron chi connectivity index (χ3n) is 2.55. The molecule has 0 bridgehead atoms.